The highest BCUT2D eigenvalue weighted by Crippen LogP contribution is 2.24. The van der Waals surface area contributed by atoms with Gasteiger partial charge in [0, 0.05) is 0 Å². The maximum absolute atomic E-state index is 12.2. The Morgan fingerprint density at radius 2 is 1.36 bits per heavy atom. The van der Waals surface area contributed by atoms with Crippen molar-refractivity contribution in [2.75, 3.05) is 6.61 Å². The number of carbonyl (C=O) groups excluding carboxylic acids is 2. The SMILES string of the molecule is O=C(OCC1O[C@@H](O)[C@@H](O)C(OC(=O)c2ccccc2)[C@H]1O)c1ccccc1. The molecule has 1 fully saturated rings. The van der Waals surface area contributed by atoms with E-state index in [0.29, 0.717) is 5.56 Å². The van der Waals surface area contributed by atoms with Gasteiger partial charge in [-0.05, 0) is 24.3 Å². The van der Waals surface area contributed by atoms with Crippen LogP contribution in [0.2, 0.25) is 0 Å². The van der Waals surface area contributed by atoms with Crippen LogP contribution in [0, 0.1) is 0 Å². The highest BCUT2D eigenvalue weighted by atomic mass is 16.7. The number of carbonyl (C=O) groups is 2. The predicted octanol–water partition coefficient (Wildman–Crippen LogP) is 0.508. The van der Waals surface area contributed by atoms with Gasteiger partial charge in [0.05, 0.1) is 11.1 Å². The van der Waals surface area contributed by atoms with Crippen LogP contribution < -0.4 is 0 Å². The van der Waals surface area contributed by atoms with Crippen molar-refractivity contribution in [1.29, 1.82) is 0 Å². The summed E-state index contributed by atoms with van der Waals surface area (Å²) >= 11 is 0. The fraction of sp³-hybridized carbons (Fsp3) is 0.300. The second-order valence-electron chi connectivity index (χ2n) is 6.25. The van der Waals surface area contributed by atoms with E-state index >= 15 is 0 Å². The Balaban J connectivity index is 1.65. The molecule has 3 N–H and O–H groups in total. The van der Waals surface area contributed by atoms with Crippen molar-refractivity contribution in [2.24, 2.45) is 0 Å². The Bertz CT molecular complexity index is 794. The highest BCUT2D eigenvalue weighted by molar-refractivity contribution is 5.89. The Morgan fingerprint density at radius 1 is 0.821 bits per heavy atom. The van der Waals surface area contributed by atoms with Crippen LogP contribution in [0.3, 0.4) is 0 Å². The number of hydrogen-bond acceptors (Lipinski definition) is 8. The second-order valence-corrected chi connectivity index (χ2v) is 6.25. The lowest BCUT2D eigenvalue weighted by molar-refractivity contribution is -0.285. The van der Waals surface area contributed by atoms with Gasteiger partial charge in [-0.2, -0.15) is 0 Å². The van der Waals surface area contributed by atoms with Crippen LogP contribution in [-0.4, -0.2) is 64.6 Å². The molecule has 0 spiro atoms. The maximum Gasteiger partial charge on any atom is 0.338 e. The number of aliphatic hydroxyl groups is 3. The van der Waals surface area contributed by atoms with Gasteiger partial charge in [-0.1, -0.05) is 36.4 Å². The van der Waals surface area contributed by atoms with Crippen molar-refractivity contribution >= 4 is 11.9 Å². The first-order chi connectivity index (χ1) is 13.5. The minimum Gasteiger partial charge on any atom is -0.459 e. The predicted molar refractivity (Wildman–Crippen MR) is 95.3 cm³/mol. The molecule has 0 amide bonds. The lowest BCUT2D eigenvalue weighted by atomic mass is 9.99. The molecule has 1 aliphatic heterocycles. The second kappa shape index (κ2) is 8.94. The number of ether oxygens (including phenoxy) is 3. The topological polar surface area (TPSA) is 123 Å². The standard InChI is InChI=1S/C20H20O8/c21-15-14(11-26-18(23)12-7-3-1-4-8-12)27-20(25)16(22)17(15)28-19(24)13-9-5-2-6-10-13/h1-10,14-17,20-22,25H,11H2/t14?,15-,16-,17?,20+/m0/s1. The van der Waals surface area contributed by atoms with Crippen LogP contribution in [0.15, 0.2) is 60.7 Å². The van der Waals surface area contributed by atoms with Crippen molar-refractivity contribution in [1.82, 2.24) is 0 Å². The normalized spacial score (nSPS) is 27.0. The third kappa shape index (κ3) is 4.55. The number of esters is 2. The molecule has 0 aliphatic carbocycles. The molecule has 0 radical (unpaired) electrons. The van der Waals surface area contributed by atoms with Gasteiger partial charge in [-0.3, -0.25) is 0 Å². The largest absolute Gasteiger partial charge is 0.459 e. The molecule has 5 atom stereocenters. The Kier molecular flexibility index (Phi) is 6.37. The molecule has 0 saturated carbocycles. The monoisotopic (exact) mass is 388 g/mol. The van der Waals surface area contributed by atoms with Gasteiger partial charge in [0.1, 0.15) is 24.9 Å². The molecule has 1 saturated heterocycles. The fourth-order valence-corrected chi connectivity index (χ4v) is 2.77. The summed E-state index contributed by atoms with van der Waals surface area (Å²) in [5.41, 5.74) is 0.523. The first kappa shape index (κ1) is 20.0. The van der Waals surface area contributed by atoms with Crippen molar-refractivity contribution in [3.8, 4) is 0 Å². The van der Waals surface area contributed by atoms with Crippen molar-refractivity contribution in [2.45, 2.75) is 30.7 Å². The van der Waals surface area contributed by atoms with E-state index in [9.17, 15) is 24.9 Å². The summed E-state index contributed by atoms with van der Waals surface area (Å²) in [5, 5.41) is 30.4. The fourth-order valence-electron chi connectivity index (χ4n) is 2.77. The molecule has 2 aromatic carbocycles. The summed E-state index contributed by atoms with van der Waals surface area (Å²) in [6, 6.07) is 16.2. The smallest absolute Gasteiger partial charge is 0.338 e. The molecular formula is C20H20O8. The highest BCUT2D eigenvalue weighted by Gasteiger charge is 2.46. The van der Waals surface area contributed by atoms with Crippen LogP contribution in [0.4, 0.5) is 0 Å². The summed E-state index contributed by atoms with van der Waals surface area (Å²) in [4.78, 5) is 24.2. The summed E-state index contributed by atoms with van der Waals surface area (Å²) in [7, 11) is 0. The summed E-state index contributed by atoms with van der Waals surface area (Å²) in [6.07, 6.45) is -7.56. The Labute approximate surface area is 160 Å². The van der Waals surface area contributed by atoms with Crippen molar-refractivity contribution in [3.05, 3.63) is 71.8 Å². The Morgan fingerprint density at radius 3 is 1.93 bits per heavy atom. The van der Waals surface area contributed by atoms with Gasteiger partial charge < -0.3 is 29.5 Å². The van der Waals surface area contributed by atoms with E-state index < -0.39 is 49.3 Å². The minimum absolute atomic E-state index is 0.218. The van der Waals surface area contributed by atoms with Gasteiger partial charge in [-0.25, -0.2) is 9.59 Å². The molecule has 2 unspecified atom stereocenters. The zero-order chi connectivity index (χ0) is 20.1. The first-order valence-electron chi connectivity index (χ1n) is 8.65. The van der Waals surface area contributed by atoms with E-state index in [4.69, 9.17) is 14.2 Å². The molecule has 1 heterocycles. The zero-order valence-corrected chi connectivity index (χ0v) is 14.8. The van der Waals surface area contributed by atoms with Gasteiger partial charge in [0.25, 0.3) is 0 Å². The van der Waals surface area contributed by atoms with Crippen LogP contribution >= 0.6 is 0 Å². The first-order valence-corrected chi connectivity index (χ1v) is 8.65. The van der Waals surface area contributed by atoms with Gasteiger partial charge in [0.15, 0.2) is 12.4 Å². The molecule has 3 rings (SSSR count). The van der Waals surface area contributed by atoms with Gasteiger partial charge in [-0.15, -0.1) is 0 Å². The van der Waals surface area contributed by atoms with Crippen LogP contribution in [-0.2, 0) is 14.2 Å². The van der Waals surface area contributed by atoms with E-state index in [-0.39, 0.29) is 5.56 Å². The van der Waals surface area contributed by atoms with Gasteiger partial charge in [0.2, 0.25) is 0 Å². The molecule has 8 nitrogen and oxygen atoms in total. The molecule has 1 aliphatic rings. The lowest BCUT2D eigenvalue weighted by Gasteiger charge is -2.39. The number of hydrogen-bond donors (Lipinski definition) is 3. The molecular weight excluding hydrogens is 368 g/mol. The summed E-state index contributed by atoms with van der Waals surface area (Å²) in [5.74, 6) is -1.42. The molecule has 148 valence electrons. The van der Waals surface area contributed by atoms with Crippen LogP contribution in [0.5, 0.6) is 0 Å². The van der Waals surface area contributed by atoms with Crippen LogP contribution in [0.25, 0.3) is 0 Å². The zero-order valence-electron chi connectivity index (χ0n) is 14.8. The van der Waals surface area contributed by atoms with Crippen LogP contribution in [0.1, 0.15) is 20.7 Å². The lowest BCUT2D eigenvalue weighted by Crippen LogP contribution is -2.60. The van der Waals surface area contributed by atoms with Gasteiger partial charge >= 0.3 is 11.9 Å². The third-order valence-corrected chi connectivity index (χ3v) is 4.30. The number of rotatable bonds is 5. The average Bonchev–Trinajstić information content (AvgIpc) is 2.73. The van der Waals surface area contributed by atoms with Crippen molar-refractivity contribution in [3.63, 3.8) is 0 Å². The number of benzene rings is 2. The minimum atomic E-state index is -1.72. The average molecular weight is 388 g/mol. The van der Waals surface area contributed by atoms with E-state index in [1.165, 1.54) is 12.1 Å². The molecule has 0 aromatic heterocycles. The van der Waals surface area contributed by atoms with Crippen molar-refractivity contribution < 1.29 is 39.1 Å². The maximum atomic E-state index is 12.2. The molecule has 0 bridgehead atoms. The molecule has 8 heteroatoms. The van der Waals surface area contributed by atoms with E-state index in [2.05, 4.69) is 0 Å². The summed E-state index contributed by atoms with van der Waals surface area (Å²) < 4.78 is 15.4. The number of aliphatic hydroxyl groups excluding tert-OH is 3. The van der Waals surface area contributed by atoms with E-state index in [1.807, 2.05) is 0 Å². The van der Waals surface area contributed by atoms with E-state index in [1.54, 1.807) is 48.5 Å². The quantitative estimate of drug-likeness (QED) is 0.633. The Hall–Kier alpha value is -2.78. The summed E-state index contributed by atoms with van der Waals surface area (Å²) in [6.45, 7) is -0.405. The molecule has 28 heavy (non-hydrogen) atoms. The van der Waals surface area contributed by atoms with E-state index in [0.717, 1.165) is 0 Å². The molecule has 2 aromatic rings. The third-order valence-electron chi connectivity index (χ3n) is 4.30.